The minimum Gasteiger partial charge on any atom is -0.319 e. The van der Waals surface area contributed by atoms with Crippen LogP contribution in [0.1, 0.15) is 62.6 Å². The number of nitrogens with one attached hydrogen (secondary N) is 1. The van der Waals surface area contributed by atoms with E-state index in [4.69, 9.17) is 0 Å². The van der Waals surface area contributed by atoms with Gasteiger partial charge in [0.25, 0.3) is 0 Å². The highest BCUT2D eigenvalue weighted by Crippen LogP contribution is 2.42. The Bertz CT molecular complexity index is 445. The van der Waals surface area contributed by atoms with Crippen LogP contribution < -0.4 is 5.32 Å². The van der Waals surface area contributed by atoms with Crippen LogP contribution in [-0.4, -0.2) is 31.1 Å². The predicted molar refractivity (Wildman–Crippen MR) is 89.7 cm³/mol. The standard InChI is InChI=1S/C19H30N2/c1-14(2)15-6-8-16(9-7-15)19-17(13-20-3)5-4-12-21(19)18-10-11-18/h6-9,14,17-20H,4-5,10-13H2,1-3H3. The van der Waals surface area contributed by atoms with E-state index < -0.39 is 0 Å². The van der Waals surface area contributed by atoms with Gasteiger partial charge in [-0.1, -0.05) is 38.1 Å². The van der Waals surface area contributed by atoms with Crippen LogP contribution in [0.15, 0.2) is 24.3 Å². The normalized spacial score (nSPS) is 27.2. The van der Waals surface area contributed by atoms with Crippen LogP contribution >= 0.6 is 0 Å². The molecule has 0 amide bonds. The topological polar surface area (TPSA) is 15.3 Å². The number of hydrogen-bond donors (Lipinski definition) is 1. The first-order valence-corrected chi connectivity index (χ1v) is 8.71. The third kappa shape index (κ3) is 3.32. The molecule has 1 saturated carbocycles. The predicted octanol–water partition coefficient (Wildman–Crippen LogP) is 3.94. The fourth-order valence-electron chi connectivity index (χ4n) is 3.94. The summed E-state index contributed by atoms with van der Waals surface area (Å²) in [6.45, 7) is 6.98. The maximum absolute atomic E-state index is 3.42. The highest BCUT2D eigenvalue weighted by molar-refractivity contribution is 5.28. The second-order valence-electron chi connectivity index (χ2n) is 7.20. The van der Waals surface area contributed by atoms with Gasteiger partial charge in [0.05, 0.1) is 0 Å². The quantitative estimate of drug-likeness (QED) is 0.882. The lowest BCUT2D eigenvalue weighted by molar-refractivity contribution is 0.0845. The van der Waals surface area contributed by atoms with Crippen molar-refractivity contribution in [3.05, 3.63) is 35.4 Å². The Morgan fingerprint density at radius 2 is 1.86 bits per heavy atom. The smallest absolute Gasteiger partial charge is 0.0391 e. The summed E-state index contributed by atoms with van der Waals surface area (Å²) in [5.41, 5.74) is 2.99. The third-order valence-electron chi connectivity index (χ3n) is 5.22. The number of benzene rings is 1. The molecule has 0 bridgehead atoms. The Labute approximate surface area is 129 Å². The molecule has 116 valence electrons. The van der Waals surface area contributed by atoms with Crippen molar-refractivity contribution in [2.75, 3.05) is 20.1 Å². The van der Waals surface area contributed by atoms with Gasteiger partial charge in [0, 0.05) is 12.1 Å². The molecule has 21 heavy (non-hydrogen) atoms. The average molecular weight is 286 g/mol. The summed E-state index contributed by atoms with van der Waals surface area (Å²) in [6.07, 6.45) is 5.55. The zero-order chi connectivity index (χ0) is 14.8. The SMILES string of the molecule is CNCC1CCCN(C2CC2)C1c1ccc(C(C)C)cc1. The van der Waals surface area contributed by atoms with Crippen LogP contribution in [0.4, 0.5) is 0 Å². The zero-order valence-corrected chi connectivity index (χ0v) is 13.8. The van der Waals surface area contributed by atoms with Gasteiger partial charge < -0.3 is 5.32 Å². The fraction of sp³-hybridized carbons (Fsp3) is 0.684. The summed E-state index contributed by atoms with van der Waals surface area (Å²) in [6, 6.07) is 11.0. The van der Waals surface area contributed by atoms with E-state index in [0.717, 1.165) is 18.5 Å². The summed E-state index contributed by atoms with van der Waals surface area (Å²) in [5, 5.41) is 3.42. The lowest BCUT2D eigenvalue weighted by atomic mass is 9.83. The van der Waals surface area contributed by atoms with E-state index in [1.807, 2.05) is 0 Å². The maximum Gasteiger partial charge on any atom is 0.0391 e. The molecule has 2 fully saturated rings. The molecule has 3 rings (SSSR count). The molecule has 1 N–H and O–H groups in total. The third-order valence-corrected chi connectivity index (χ3v) is 5.22. The summed E-state index contributed by atoms with van der Waals surface area (Å²) in [4.78, 5) is 2.80. The molecule has 1 aromatic rings. The Morgan fingerprint density at radius 1 is 1.14 bits per heavy atom. The lowest BCUT2D eigenvalue weighted by Crippen LogP contribution is -2.43. The van der Waals surface area contributed by atoms with Gasteiger partial charge in [0.2, 0.25) is 0 Å². The van der Waals surface area contributed by atoms with Crippen molar-refractivity contribution in [3.8, 4) is 0 Å². The van der Waals surface area contributed by atoms with Gasteiger partial charge in [0.1, 0.15) is 0 Å². The van der Waals surface area contributed by atoms with Crippen LogP contribution in [0.25, 0.3) is 0 Å². The summed E-state index contributed by atoms with van der Waals surface area (Å²) in [7, 11) is 2.09. The van der Waals surface area contributed by atoms with Gasteiger partial charge >= 0.3 is 0 Å². The van der Waals surface area contributed by atoms with E-state index in [9.17, 15) is 0 Å². The summed E-state index contributed by atoms with van der Waals surface area (Å²) >= 11 is 0. The van der Waals surface area contributed by atoms with Gasteiger partial charge in [-0.2, -0.15) is 0 Å². The van der Waals surface area contributed by atoms with E-state index in [1.54, 1.807) is 0 Å². The van der Waals surface area contributed by atoms with Gasteiger partial charge in [0.15, 0.2) is 0 Å². The molecule has 1 aromatic carbocycles. The molecule has 2 heteroatoms. The second-order valence-corrected chi connectivity index (χ2v) is 7.20. The van der Waals surface area contributed by atoms with Crippen molar-refractivity contribution < 1.29 is 0 Å². The number of piperidine rings is 1. The van der Waals surface area contributed by atoms with Crippen molar-refractivity contribution >= 4 is 0 Å². The fourth-order valence-corrected chi connectivity index (χ4v) is 3.94. The first-order chi connectivity index (χ1) is 10.2. The van der Waals surface area contributed by atoms with Gasteiger partial charge in [-0.05, 0) is 68.8 Å². The number of nitrogens with zero attached hydrogens (tertiary/aromatic N) is 1. The zero-order valence-electron chi connectivity index (χ0n) is 13.8. The molecule has 2 unspecified atom stereocenters. The number of rotatable bonds is 5. The molecule has 2 atom stereocenters. The lowest BCUT2D eigenvalue weighted by Gasteiger charge is -2.42. The Morgan fingerprint density at radius 3 is 2.43 bits per heavy atom. The van der Waals surface area contributed by atoms with Gasteiger partial charge in [-0.3, -0.25) is 4.90 Å². The average Bonchev–Trinajstić information content (AvgIpc) is 3.32. The van der Waals surface area contributed by atoms with E-state index in [2.05, 4.69) is 55.4 Å². The van der Waals surface area contributed by atoms with E-state index >= 15 is 0 Å². The Balaban J connectivity index is 1.85. The summed E-state index contributed by atoms with van der Waals surface area (Å²) < 4.78 is 0. The van der Waals surface area contributed by atoms with Crippen LogP contribution in [-0.2, 0) is 0 Å². The molecule has 1 aliphatic heterocycles. The summed E-state index contributed by atoms with van der Waals surface area (Å²) in [5.74, 6) is 1.38. The minimum absolute atomic E-state index is 0.623. The van der Waals surface area contributed by atoms with Crippen LogP contribution in [0.3, 0.4) is 0 Å². The van der Waals surface area contributed by atoms with Gasteiger partial charge in [-0.15, -0.1) is 0 Å². The van der Waals surface area contributed by atoms with Gasteiger partial charge in [-0.25, -0.2) is 0 Å². The molecule has 1 saturated heterocycles. The van der Waals surface area contributed by atoms with E-state index in [-0.39, 0.29) is 0 Å². The van der Waals surface area contributed by atoms with Crippen LogP contribution in [0, 0.1) is 5.92 Å². The Kier molecular flexibility index (Phi) is 4.66. The van der Waals surface area contributed by atoms with Crippen molar-refractivity contribution in [1.82, 2.24) is 10.2 Å². The van der Waals surface area contributed by atoms with Crippen LogP contribution in [0.5, 0.6) is 0 Å². The molecule has 1 aliphatic carbocycles. The van der Waals surface area contributed by atoms with E-state index in [0.29, 0.717) is 12.0 Å². The first kappa shape index (κ1) is 15.1. The van der Waals surface area contributed by atoms with Crippen molar-refractivity contribution in [2.45, 2.75) is 57.5 Å². The molecule has 2 nitrogen and oxygen atoms in total. The molecular weight excluding hydrogens is 256 g/mol. The molecule has 0 radical (unpaired) electrons. The molecule has 2 aliphatic rings. The maximum atomic E-state index is 3.42. The number of likely N-dealkylation sites (tertiary alicyclic amines) is 1. The van der Waals surface area contributed by atoms with E-state index in [1.165, 1.54) is 43.4 Å². The van der Waals surface area contributed by atoms with Crippen molar-refractivity contribution in [2.24, 2.45) is 5.92 Å². The highest BCUT2D eigenvalue weighted by Gasteiger charge is 2.40. The minimum atomic E-state index is 0.623. The van der Waals surface area contributed by atoms with Crippen LogP contribution in [0.2, 0.25) is 0 Å². The first-order valence-electron chi connectivity index (χ1n) is 8.71. The largest absolute Gasteiger partial charge is 0.319 e. The molecule has 0 aromatic heterocycles. The second kappa shape index (κ2) is 6.50. The molecule has 1 heterocycles. The highest BCUT2D eigenvalue weighted by atomic mass is 15.2. The number of hydrogen-bond acceptors (Lipinski definition) is 2. The van der Waals surface area contributed by atoms with Crippen molar-refractivity contribution in [1.29, 1.82) is 0 Å². The molecule has 0 spiro atoms. The van der Waals surface area contributed by atoms with Crippen molar-refractivity contribution in [3.63, 3.8) is 0 Å². The molecular formula is C19H30N2. The monoisotopic (exact) mass is 286 g/mol. The Hall–Kier alpha value is -0.860.